The zero-order chi connectivity index (χ0) is 17.6. The van der Waals surface area contributed by atoms with Crippen LogP contribution in [0.15, 0.2) is 53.9 Å². The molecule has 3 rings (SSSR count). The third kappa shape index (κ3) is 4.45. The molecule has 2 aromatic carbocycles. The maximum Gasteiger partial charge on any atom is 0.230 e. The lowest BCUT2D eigenvalue weighted by atomic mass is 10.2. The molecule has 1 amide bonds. The number of aromatic nitrogens is 1. The largest absolute Gasteiger partial charge is 0.493 e. The summed E-state index contributed by atoms with van der Waals surface area (Å²) in [6.07, 6.45) is 0.251. The van der Waals surface area contributed by atoms with Crippen molar-refractivity contribution in [3.8, 4) is 16.3 Å². The first kappa shape index (κ1) is 17.2. The molecule has 0 radical (unpaired) electrons. The van der Waals surface area contributed by atoms with Crippen molar-refractivity contribution in [2.24, 2.45) is 0 Å². The van der Waals surface area contributed by atoms with Crippen molar-refractivity contribution < 1.29 is 9.53 Å². The highest BCUT2D eigenvalue weighted by molar-refractivity contribution is 7.13. The summed E-state index contributed by atoms with van der Waals surface area (Å²) in [7, 11) is 0. The highest BCUT2D eigenvalue weighted by Gasteiger charge is 2.12. The molecule has 0 spiro atoms. The van der Waals surface area contributed by atoms with E-state index in [2.05, 4.69) is 10.3 Å². The highest BCUT2D eigenvalue weighted by atomic mass is 32.1. The molecule has 0 unspecified atom stereocenters. The number of anilines is 1. The third-order valence-corrected chi connectivity index (χ3v) is 4.54. The van der Waals surface area contributed by atoms with Crippen LogP contribution in [0.1, 0.15) is 18.2 Å². The molecular weight excluding hydrogens is 332 g/mol. The molecule has 1 heterocycles. The van der Waals surface area contributed by atoms with Gasteiger partial charge in [-0.1, -0.05) is 24.3 Å². The van der Waals surface area contributed by atoms with E-state index < -0.39 is 0 Å². The molecule has 128 valence electrons. The van der Waals surface area contributed by atoms with Crippen LogP contribution in [-0.4, -0.2) is 17.5 Å². The van der Waals surface area contributed by atoms with Gasteiger partial charge in [-0.15, -0.1) is 11.3 Å². The van der Waals surface area contributed by atoms with Crippen LogP contribution in [0.5, 0.6) is 5.75 Å². The Balaban J connectivity index is 1.70. The topological polar surface area (TPSA) is 51.2 Å². The number of carbonyl (C=O) groups excluding carboxylic acids is 1. The molecule has 1 N–H and O–H groups in total. The minimum Gasteiger partial charge on any atom is -0.493 e. The molecule has 0 aliphatic rings. The molecular formula is C20H20N2O2S. The van der Waals surface area contributed by atoms with E-state index >= 15 is 0 Å². The van der Waals surface area contributed by atoms with Gasteiger partial charge in [0.2, 0.25) is 5.91 Å². The normalized spacial score (nSPS) is 10.5. The lowest BCUT2D eigenvalue weighted by Crippen LogP contribution is -2.14. The minimum atomic E-state index is -0.0689. The van der Waals surface area contributed by atoms with Crippen molar-refractivity contribution in [3.63, 3.8) is 0 Å². The van der Waals surface area contributed by atoms with E-state index in [-0.39, 0.29) is 12.3 Å². The second-order valence-corrected chi connectivity index (χ2v) is 6.53. The molecule has 3 aromatic rings. The summed E-state index contributed by atoms with van der Waals surface area (Å²) in [6, 6.07) is 15.6. The number of hydrogen-bond donors (Lipinski definition) is 1. The number of amides is 1. The van der Waals surface area contributed by atoms with E-state index in [1.165, 1.54) is 11.3 Å². The van der Waals surface area contributed by atoms with Crippen molar-refractivity contribution >= 4 is 22.9 Å². The van der Waals surface area contributed by atoms with Crippen LogP contribution in [0.25, 0.3) is 10.6 Å². The molecule has 4 nitrogen and oxygen atoms in total. The van der Waals surface area contributed by atoms with E-state index in [1.54, 1.807) is 0 Å². The fraction of sp³-hybridized carbons (Fsp3) is 0.200. The molecule has 0 saturated heterocycles. The van der Waals surface area contributed by atoms with Crippen molar-refractivity contribution in [2.45, 2.75) is 20.3 Å². The molecule has 5 heteroatoms. The molecule has 0 saturated carbocycles. The number of carbonyl (C=O) groups is 1. The maximum atomic E-state index is 12.2. The number of para-hydroxylation sites is 1. The van der Waals surface area contributed by atoms with Gasteiger partial charge >= 0.3 is 0 Å². The number of thiazole rings is 1. The minimum absolute atomic E-state index is 0.0689. The molecule has 25 heavy (non-hydrogen) atoms. The van der Waals surface area contributed by atoms with Gasteiger partial charge in [-0.05, 0) is 43.7 Å². The second-order valence-electron chi connectivity index (χ2n) is 5.67. The third-order valence-electron chi connectivity index (χ3n) is 3.61. The van der Waals surface area contributed by atoms with Gasteiger partial charge in [-0.2, -0.15) is 0 Å². The van der Waals surface area contributed by atoms with Gasteiger partial charge in [0.25, 0.3) is 0 Å². The lowest BCUT2D eigenvalue weighted by molar-refractivity contribution is -0.115. The van der Waals surface area contributed by atoms with E-state index in [4.69, 9.17) is 4.74 Å². The first-order chi connectivity index (χ1) is 12.2. The quantitative estimate of drug-likeness (QED) is 0.700. The monoisotopic (exact) mass is 352 g/mol. The van der Waals surface area contributed by atoms with E-state index in [1.807, 2.05) is 67.8 Å². The summed E-state index contributed by atoms with van der Waals surface area (Å²) < 4.78 is 5.66. The number of ether oxygens (including phenoxy) is 1. The number of hydrogen-bond acceptors (Lipinski definition) is 4. The smallest absolute Gasteiger partial charge is 0.230 e. The highest BCUT2D eigenvalue weighted by Crippen LogP contribution is 2.32. The molecule has 0 bridgehead atoms. The fourth-order valence-electron chi connectivity index (χ4n) is 2.53. The average Bonchev–Trinajstić information content (AvgIpc) is 3.04. The van der Waals surface area contributed by atoms with Crippen LogP contribution in [0, 0.1) is 6.92 Å². The summed E-state index contributed by atoms with van der Waals surface area (Å²) in [6.45, 7) is 4.56. The average molecular weight is 352 g/mol. The molecule has 0 aliphatic heterocycles. The zero-order valence-electron chi connectivity index (χ0n) is 14.3. The van der Waals surface area contributed by atoms with Crippen LogP contribution < -0.4 is 10.1 Å². The lowest BCUT2D eigenvalue weighted by Gasteiger charge is -2.07. The number of benzene rings is 2. The Morgan fingerprint density at radius 2 is 2.04 bits per heavy atom. The number of rotatable bonds is 6. The zero-order valence-corrected chi connectivity index (χ0v) is 15.1. The Morgan fingerprint density at radius 1 is 1.20 bits per heavy atom. The Bertz CT molecular complexity index is 873. The number of aryl methyl sites for hydroxylation is 1. The number of nitrogens with one attached hydrogen (secondary N) is 1. The van der Waals surface area contributed by atoms with Crippen LogP contribution in [-0.2, 0) is 11.2 Å². The van der Waals surface area contributed by atoms with Crippen LogP contribution in [0.3, 0.4) is 0 Å². The van der Waals surface area contributed by atoms with Gasteiger partial charge in [0, 0.05) is 11.1 Å². The van der Waals surface area contributed by atoms with Crippen LogP contribution in [0.4, 0.5) is 5.69 Å². The SMILES string of the molecule is CCOc1ccccc1-c1nc(CC(=O)Nc2cccc(C)c2)cs1. The molecule has 1 aromatic heterocycles. The van der Waals surface area contributed by atoms with Crippen molar-refractivity contribution in [1.82, 2.24) is 4.98 Å². The van der Waals surface area contributed by atoms with Gasteiger partial charge in [0.1, 0.15) is 10.8 Å². The number of nitrogens with zero attached hydrogens (tertiary/aromatic N) is 1. The van der Waals surface area contributed by atoms with Crippen molar-refractivity contribution in [2.75, 3.05) is 11.9 Å². The van der Waals surface area contributed by atoms with Crippen LogP contribution in [0.2, 0.25) is 0 Å². The van der Waals surface area contributed by atoms with E-state index in [0.717, 1.165) is 33.3 Å². The van der Waals surface area contributed by atoms with E-state index in [0.29, 0.717) is 6.61 Å². The predicted octanol–water partition coefficient (Wildman–Crippen LogP) is 4.70. The summed E-state index contributed by atoms with van der Waals surface area (Å²) in [5.74, 6) is 0.746. The second kappa shape index (κ2) is 7.94. The van der Waals surface area contributed by atoms with Gasteiger partial charge in [-0.25, -0.2) is 4.98 Å². The Labute approximate surface area is 151 Å². The van der Waals surface area contributed by atoms with Crippen LogP contribution >= 0.6 is 11.3 Å². The van der Waals surface area contributed by atoms with Gasteiger partial charge < -0.3 is 10.1 Å². The fourth-order valence-corrected chi connectivity index (χ4v) is 3.38. The Morgan fingerprint density at radius 3 is 2.84 bits per heavy atom. The summed E-state index contributed by atoms with van der Waals surface area (Å²) in [4.78, 5) is 16.8. The molecule has 0 fully saturated rings. The predicted molar refractivity (Wildman–Crippen MR) is 102 cm³/mol. The van der Waals surface area contributed by atoms with Gasteiger partial charge in [-0.3, -0.25) is 4.79 Å². The van der Waals surface area contributed by atoms with Gasteiger partial charge in [0.15, 0.2) is 0 Å². The standard InChI is InChI=1S/C20H20N2O2S/c1-3-24-18-10-5-4-9-17(18)20-22-16(13-25-20)12-19(23)21-15-8-6-7-14(2)11-15/h4-11,13H,3,12H2,1-2H3,(H,21,23). The summed E-state index contributed by atoms with van der Waals surface area (Å²) >= 11 is 1.52. The molecule has 0 atom stereocenters. The summed E-state index contributed by atoms with van der Waals surface area (Å²) in [5.41, 5.74) is 3.64. The first-order valence-electron chi connectivity index (χ1n) is 8.19. The van der Waals surface area contributed by atoms with Gasteiger partial charge in [0.05, 0.1) is 24.3 Å². The first-order valence-corrected chi connectivity index (χ1v) is 9.07. The van der Waals surface area contributed by atoms with E-state index in [9.17, 15) is 4.79 Å². The van der Waals surface area contributed by atoms with Crippen molar-refractivity contribution in [3.05, 3.63) is 65.2 Å². The van der Waals surface area contributed by atoms with Crippen molar-refractivity contribution in [1.29, 1.82) is 0 Å². The maximum absolute atomic E-state index is 12.2. The Kier molecular flexibility index (Phi) is 5.46. The Hall–Kier alpha value is -2.66. The summed E-state index contributed by atoms with van der Waals surface area (Å²) in [5, 5.41) is 5.70. The molecule has 0 aliphatic carbocycles.